The molecule has 1 saturated heterocycles. The molecule has 0 radical (unpaired) electrons. The van der Waals surface area contributed by atoms with Crippen LogP contribution in [0.5, 0.6) is 0 Å². The maximum atomic E-state index is 13.5. The lowest BCUT2D eigenvalue weighted by Crippen LogP contribution is -2.36. The molecule has 8 heteroatoms. The van der Waals surface area contributed by atoms with E-state index in [1.165, 1.54) is 6.20 Å². The molecule has 2 aliphatic rings. The predicted molar refractivity (Wildman–Crippen MR) is 105 cm³/mol. The summed E-state index contributed by atoms with van der Waals surface area (Å²) in [6.07, 6.45) is 8.98. The van der Waals surface area contributed by atoms with Gasteiger partial charge < -0.3 is 10.0 Å². The molecule has 0 aromatic carbocycles. The van der Waals surface area contributed by atoms with E-state index in [0.717, 1.165) is 30.6 Å². The molecule has 2 fully saturated rings. The number of nitriles is 1. The summed E-state index contributed by atoms with van der Waals surface area (Å²) >= 11 is 0. The Hall–Kier alpha value is -2.66. The fraction of sp³-hybridized carbons (Fsp3) is 0.545. The van der Waals surface area contributed by atoms with E-state index in [9.17, 15) is 23.5 Å². The molecule has 3 rings (SSSR count). The third kappa shape index (κ3) is 5.48. The van der Waals surface area contributed by atoms with Crippen molar-refractivity contribution in [2.24, 2.45) is 5.92 Å². The summed E-state index contributed by atoms with van der Waals surface area (Å²) in [6, 6.07) is 2.16. The molecule has 1 aliphatic heterocycles. The molecular weight excluding hydrogens is 392 g/mol. The Morgan fingerprint density at radius 1 is 1.30 bits per heavy atom. The molecule has 1 aromatic heterocycles. The number of hydrogen-bond acceptors (Lipinski definition) is 5. The van der Waals surface area contributed by atoms with Gasteiger partial charge >= 0.3 is 0 Å². The zero-order valence-corrected chi connectivity index (χ0v) is 16.6. The number of Topliss-reactive ketones (excluding diaryl/α,β-unsaturated/α-hetero) is 1. The van der Waals surface area contributed by atoms with E-state index in [2.05, 4.69) is 4.98 Å². The second kappa shape index (κ2) is 9.43. The first-order valence-electron chi connectivity index (χ1n) is 10.2. The topological polar surface area (TPSA) is 94.3 Å². The maximum Gasteiger partial charge on any atom is 0.268 e. The predicted octanol–water partition coefficient (Wildman–Crippen LogP) is 3.37. The molecule has 1 saturated carbocycles. The average Bonchev–Trinajstić information content (AvgIpc) is 3.06. The van der Waals surface area contributed by atoms with Gasteiger partial charge in [-0.2, -0.15) is 5.26 Å². The first-order chi connectivity index (χ1) is 14.3. The molecule has 6 nitrogen and oxygen atoms in total. The van der Waals surface area contributed by atoms with Crippen molar-refractivity contribution >= 4 is 17.8 Å². The Labute approximate surface area is 174 Å². The summed E-state index contributed by atoms with van der Waals surface area (Å²) in [7, 11) is 0. The van der Waals surface area contributed by atoms with Crippen molar-refractivity contribution in [3.05, 3.63) is 35.7 Å². The molecule has 30 heavy (non-hydrogen) atoms. The number of rotatable bonds is 6. The number of pyridine rings is 1. The zero-order valence-electron chi connectivity index (χ0n) is 16.6. The lowest BCUT2D eigenvalue weighted by Gasteiger charge is -2.22. The molecule has 160 valence electrons. The average molecular weight is 417 g/mol. The van der Waals surface area contributed by atoms with Gasteiger partial charge in [0.25, 0.3) is 5.92 Å². The van der Waals surface area contributed by atoms with Gasteiger partial charge in [0.15, 0.2) is 5.78 Å². The third-order valence-corrected chi connectivity index (χ3v) is 5.75. The van der Waals surface area contributed by atoms with Crippen LogP contribution < -0.4 is 0 Å². The fourth-order valence-corrected chi connectivity index (χ4v) is 4.02. The molecule has 0 spiro atoms. The minimum atomic E-state index is -3.07. The van der Waals surface area contributed by atoms with Crippen molar-refractivity contribution in [2.45, 2.75) is 63.0 Å². The number of allylic oxidation sites excluding steroid dienone is 1. The number of nitrogens with zero attached hydrogens (tertiary/aromatic N) is 3. The highest BCUT2D eigenvalue weighted by molar-refractivity contribution is 6.00. The van der Waals surface area contributed by atoms with Gasteiger partial charge in [0.1, 0.15) is 6.04 Å². The Morgan fingerprint density at radius 2 is 2.03 bits per heavy atom. The van der Waals surface area contributed by atoms with E-state index in [1.807, 2.05) is 12.2 Å². The van der Waals surface area contributed by atoms with Crippen molar-refractivity contribution in [3.63, 3.8) is 0 Å². The Balaban J connectivity index is 1.61. The van der Waals surface area contributed by atoms with E-state index in [4.69, 9.17) is 5.26 Å². The van der Waals surface area contributed by atoms with Crippen LogP contribution in [-0.2, 0) is 4.79 Å². The lowest BCUT2D eigenvalue weighted by atomic mass is 9.87. The monoisotopic (exact) mass is 417 g/mol. The highest BCUT2D eigenvalue weighted by Gasteiger charge is 2.47. The third-order valence-electron chi connectivity index (χ3n) is 5.75. The summed E-state index contributed by atoms with van der Waals surface area (Å²) in [6.45, 7) is -0.780. The Bertz CT molecular complexity index is 857. The highest BCUT2D eigenvalue weighted by Crippen LogP contribution is 2.32. The summed E-state index contributed by atoms with van der Waals surface area (Å²) in [4.78, 5) is 29.9. The first kappa shape index (κ1) is 22.0. The quantitative estimate of drug-likeness (QED) is 0.716. The van der Waals surface area contributed by atoms with E-state index in [1.54, 1.807) is 18.3 Å². The van der Waals surface area contributed by atoms with Gasteiger partial charge in [-0.1, -0.05) is 12.2 Å². The van der Waals surface area contributed by atoms with Crippen LogP contribution in [0, 0.1) is 17.2 Å². The van der Waals surface area contributed by atoms with Gasteiger partial charge in [-0.05, 0) is 37.7 Å². The van der Waals surface area contributed by atoms with Gasteiger partial charge in [0, 0.05) is 42.8 Å². The number of aromatic nitrogens is 1. The second-order valence-corrected chi connectivity index (χ2v) is 8.04. The van der Waals surface area contributed by atoms with Gasteiger partial charge in [-0.3, -0.25) is 14.6 Å². The number of likely N-dealkylation sites (tertiary alicyclic amines) is 1. The summed E-state index contributed by atoms with van der Waals surface area (Å²) in [5.74, 6) is -3.63. The molecule has 1 aliphatic carbocycles. The number of aliphatic hydroxyl groups excluding tert-OH is 1. The van der Waals surface area contributed by atoms with Gasteiger partial charge in [-0.15, -0.1) is 0 Å². The number of ketones is 1. The van der Waals surface area contributed by atoms with Gasteiger partial charge in [0.05, 0.1) is 18.7 Å². The van der Waals surface area contributed by atoms with E-state index in [0.29, 0.717) is 17.0 Å². The number of aliphatic hydroxyl groups is 1. The minimum absolute atomic E-state index is 0.125. The fourth-order valence-electron chi connectivity index (χ4n) is 4.02. The van der Waals surface area contributed by atoms with Crippen LogP contribution in [-0.4, -0.2) is 51.3 Å². The number of halogens is 2. The largest absolute Gasteiger partial charge is 0.393 e. The molecule has 1 aromatic rings. The molecule has 1 atom stereocenters. The van der Waals surface area contributed by atoms with Crippen LogP contribution in [0.3, 0.4) is 0 Å². The van der Waals surface area contributed by atoms with Crippen LogP contribution in [0.1, 0.15) is 60.9 Å². The van der Waals surface area contributed by atoms with Crippen LogP contribution in [0.15, 0.2) is 24.5 Å². The first-order valence-corrected chi connectivity index (χ1v) is 10.2. The molecule has 2 heterocycles. The zero-order chi connectivity index (χ0) is 21.7. The van der Waals surface area contributed by atoms with Crippen molar-refractivity contribution in [3.8, 4) is 6.07 Å². The van der Waals surface area contributed by atoms with E-state index < -0.39 is 30.8 Å². The van der Waals surface area contributed by atoms with Crippen molar-refractivity contribution < 1.29 is 23.5 Å². The number of alkyl halides is 2. The summed E-state index contributed by atoms with van der Waals surface area (Å²) in [5, 5.41) is 18.6. The van der Waals surface area contributed by atoms with E-state index in [-0.39, 0.29) is 24.7 Å². The lowest BCUT2D eigenvalue weighted by molar-refractivity contribution is -0.132. The van der Waals surface area contributed by atoms with E-state index >= 15 is 0 Å². The normalized spacial score (nSPS) is 25.9. The smallest absolute Gasteiger partial charge is 0.268 e. The minimum Gasteiger partial charge on any atom is -0.393 e. The van der Waals surface area contributed by atoms with Crippen LogP contribution in [0.4, 0.5) is 8.78 Å². The molecular formula is C22H25F2N3O3. The number of hydrogen-bond donors (Lipinski definition) is 1. The standard InChI is InChI=1S/C22H25F2N3O3/c23-22(24)11-17(12-25)27(14-22)21(30)8-7-20(29)19-9-10-26-13-16(19)4-1-15-2-5-18(28)6-3-15/h1,4,9-10,13,15,17-18,28H,2-3,5-8,11,14H2/b4-1+/t15?,17-,18?/m0/s1. The molecule has 0 unspecified atom stereocenters. The van der Waals surface area contributed by atoms with Crippen LogP contribution in [0.2, 0.25) is 0 Å². The van der Waals surface area contributed by atoms with Crippen molar-refractivity contribution in [2.75, 3.05) is 6.54 Å². The highest BCUT2D eigenvalue weighted by atomic mass is 19.3. The second-order valence-electron chi connectivity index (χ2n) is 8.04. The number of carbonyl (C=O) groups excluding carboxylic acids is 2. The number of carbonyl (C=O) groups is 2. The molecule has 0 bridgehead atoms. The van der Waals surface area contributed by atoms with Crippen molar-refractivity contribution in [1.29, 1.82) is 5.26 Å². The molecule has 1 N–H and O–H groups in total. The van der Waals surface area contributed by atoms with Gasteiger partial charge in [0.2, 0.25) is 5.91 Å². The van der Waals surface area contributed by atoms with Crippen LogP contribution >= 0.6 is 0 Å². The Kier molecular flexibility index (Phi) is 6.93. The number of amides is 1. The SMILES string of the molecule is N#C[C@@H]1CC(F)(F)CN1C(=O)CCC(=O)c1ccncc1/C=C/C1CCC(O)CC1. The van der Waals surface area contributed by atoms with Gasteiger partial charge in [-0.25, -0.2) is 8.78 Å². The van der Waals surface area contributed by atoms with Crippen LogP contribution in [0.25, 0.3) is 6.08 Å². The summed E-state index contributed by atoms with van der Waals surface area (Å²) in [5.41, 5.74) is 1.07. The molecule has 1 amide bonds. The Morgan fingerprint density at radius 3 is 2.73 bits per heavy atom. The maximum absolute atomic E-state index is 13.5. The van der Waals surface area contributed by atoms with Crippen molar-refractivity contribution in [1.82, 2.24) is 9.88 Å². The summed E-state index contributed by atoms with van der Waals surface area (Å²) < 4.78 is 27.1.